The van der Waals surface area contributed by atoms with E-state index in [0.29, 0.717) is 16.1 Å². The SMILES string of the molecule is Cc1sc(C(=O)Nc2cc(C(N)=O)ccc2N2CCCCC2)cc1[N+](=O)[O-]. The maximum Gasteiger partial charge on any atom is 0.283 e. The normalized spacial score (nSPS) is 14.0. The van der Waals surface area contributed by atoms with Gasteiger partial charge in [0.15, 0.2) is 0 Å². The minimum atomic E-state index is -0.585. The molecule has 2 aromatic rings. The number of piperidine rings is 1. The number of hydrogen-bond acceptors (Lipinski definition) is 6. The Hall–Kier alpha value is -2.94. The van der Waals surface area contributed by atoms with Gasteiger partial charge in [-0.15, -0.1) is 11.3 Å². The van der Waals surface area contributed by atoms with Gasteiger partial charge < -0.3 is 16.0 Å². The zero-order valence-electron chi connectivity index (χ0n) is 14.9. The van der Waals surface area contributed by atoms with Gasteiger partial charge in [0.2, 0.25) is 5.91 Å². The molecule has 0 radical (unpaired) electrons. The maximum absolute atomic E-state index is 12.7. The Morgan fingerprint density at radius 3 is 2.52 bits per heavy atom. The van der Waals surface area contributed by atoms with Crippen molar-refractivity contribution in [2.45, 2.75) is 26.2 Å². The molecule has 2 heterocycles. The lowest BCUT2D eigenvalue weighted by Crippen LogP contribution is -2.30. The Bertz CT molecular complexity index is 903. The number of benzene rings is 1. The van der Waals surface area contributed by atoms with E-state index < -0.39 is 16.7 Å². The number of anilines is 2. The predicted molar refractivity (Wildman–Crippen MR) is 105 cm³/mol. The first-order valence-electron chi connectivity index (χ1n) is 8.62. The van der Waals surface area contributed by atoms with E-state index in [-0.39, 0.29) is 10.6 Å². The summed E-state index contributed by atoms with van der Waals surface area (Å²) in [5.74, 6) is -1.03. The van der Waals surface area contributed by atoms with Crippen molar-refractivity contribution >= 4 is 40.2 Å². The van der Waals surface area contributed by atoms with Gasteiger partial charge in [-0.2, -0.15) is 0 Å². The van der Waals surface area contributed by atoms with Gasteiger partial charge in [-0.1, -0.05) is 0 Å². The molecule has 9 heteroatoms. The van der Waals surface area contributed by atoms with Crippen molar-refractivity contribution in [2.75, 3.05) is 23.3 Å². The van der Waals surface area contributed by atoms with Crippen LogP contribution >= 0.6 is 11.3 Å². The van der Waals surface area contributed by atoms with Crippen molar-refractivity contribution in [1.29, 1.82) is 0 Å². The molecule has 0 atom stereocenters. The van der Waals surface area contributed by atoms with Crippen LogP contribution in [0.15, 0.2) is 24.3 Å². The summed E-state index contributed by atoms with van der Waals surface area (Å²) < 4.78 is 0. The molecule has 0 bridgehead atoms. The molecule has 2 amide bonds. The summed E-state index contributed by atoms with van der Waals surface area (Å²) in [6.07, 6.45) is 3.28. The van der Waals surface area contributed by atoms with Crippen LogP contribution in [0.2, 0.25) is 0 Å². The van der Waals surface area contributed by atoms with Crippen LogP contribution < -0.4 is 16.0 Å². The summed E-state index contributed by atoms with van der Waals surface area (Å²) in [7, 11) is 0. The predicted octanol–water partition coefficient (Wildman–Crippen LogP) is 3.31. The molecule has 1 fully saturated rings. The highest BCUT2D eigenvalue weighted by Crippen LogP contribution is 2.32. The maximum atomic E-state index is 12.7. The molecule has 3 N–H and O–H groups in total. The molecule has 0 unspecified atom stereocenters. The molecule has 1 aliphatic rings. The van der Waals surface area contributed by atoms with Crippen LogP contribution in [-0.4, -0.2) is 29.8 Å². The van der Waals surface area contributed by atoms with E-state index in [1.54, 1.807) is 25.1 Å². The van der Waals surface area contributed by atoms with E-state index in [1.807, 2.05) is 0 Å². The average molecular weight is 388 g/mol. The number of hydrogen-bond donors (Lipinski definition) is 2. The van der Waals surface area contributed by atoms with Crippen LogP contribution in [0.4, 0.5) is 17.1 Å². The molecule has 0 spiro atoms. The van der Waals surface area contributed by atoms with Crippen LogP contribution in [0.25, 0.3) is 0 Å². The lowest BCUT2D eigenvalue weighted by atomic mass is 10.1. The molecular formula is C18H20N4O4S. The molecule has 0 saturated carbocycles. The number of amides is 2. The first-order chi connectivity index (χ1) is 12.9. The van der Waals surface area contributed by atoms with E-state index >= 15 is 0 Å². The van der Waals surface area contributed by atoms with E-state index in [0.717, 1.165) is 49.4 Å². The average Bonchev–Trinajstić information content (AvgIpc) is 3.04. The van der Waals surface area contributed by atoms with Gasteiger partial charge in [0.25, 0.3) is 11.6 Å². The Balaban J connectivity index is 1.92. The third-order valence-electron chi connectivity index (χ3n) is 4.54. The number of nitro groups is 1. The fourth-order valence-corrected chi connectivity index (χ4v) is 4.03. The molecule has 0 aliphatic carbocycles. The summed E-state index contributed by atoms with van der Waals surface area (Å²) >= 11 is 1.06. The number of nitrogens with two attached hydrogens (primary N) is 1. The second-order valence-corrected chi connectivity index (χ2v) is 7.66. The van der Waals surface area contributed by atoms with Gasteiger partial charge >= 0.3 is 0 Å². The summed E-state index contributed by atoms with van der Waals surface area (Å²) in [4.78, 5) is 37.6. The Morgan fingerprint density at radius 2 is 1.93 bits per heavy atom. The first-order valence-corrected chi connectivity index (χ1v) is 9.43. The molecule has 142 valence electrons. The number of nitrogens with zero attached hydrogens (tertiary/aromatic N) is 2. The molecule has 27 heavy (non-hydrogen) atoms. The van der Waals surface area contributed by atoms with Crippen LogP contribution in [0.3, 0.4) is 0 Å². The second kappa shape index (κ2) is 7.75. The molecule has 1 saturated heterocycles. The van der Waals surface area contributed by atoms with Crippen molar-refractivity contribution in [1.82, 2.24) is 0 Å². The van der Waals surface area contributed by atoms with Gasteiger partial charge in [-0.05, 0) is 44.4 Å². The van der Waals surface area contributed by atoms with E-state index in [9.17, 15) is 19.7 Å². The number of thiophene rings is 1. The van der Waals surface area contributed by atoms with Crippen molar-refractivity contribution in [3.63, 3.8) is 0 Å². The minimum Gasteiger partial charge on any atom is -0.370 e. The van der Waals surface area contributed by atoms with E-state index in [1.165, 1.54) is 6.07 Å². The number of nitrogens with one attached hydrogen (secondary N) is 1. The third-order valence-corrected chi connectivity index (χ3v) is 5.58. The third kappa shape index (κ3) is 4.08. The summed E-state index contributed by atoms with van der Waals surface area (Å²) in [5.41, 5.74) is 6.88. The van der Waals surface area contributed by atoms with Crippen LogP contribution in [-0.2, 0) is 0 Å². The van der Waals surface area contributed by atoms with Crippen LogP contribution in [0, 0.1) is 17.0 Å². The molecule has 8 nitrogen and oxygen atoms in total. The van der Waals surface area contributed by atoms with Gasteiger partial charge in [0.05, 0.1) is 26.1 Å². The molecular weight excluding hydrogens is 368 g/mol. The summed E-state index contributed by atoms with van der Waals surface area (Å²) in [6, 6.07) is 6.25. The first kappa shape index (κ1) is 18.8. The standard InChI is InChI=1S/C18H20N4O4S/c1-11-15(22(25)26)10-16(27-11)18(24)20-13-9-12(17(19)23)5-6-14(13)21-7-3-2-4-8-21/h5-6,9-10H,2-4,7-8H2,1H3,(H2,19,23)(H,20,24). The van der Waals surface area contributed by atoms with E-state index in [2.05, 4.69) is 10.2 Å². The molecule has 1 aromatic heterocycles. The van der Waals surface area contributed by atoms with Crippen LogP contribution in [0.5, 0.6) is 0 Å². The highest BCUT2D eigenvalue weighted by Gasteiger charge is 2.22. The van der Waals surface area contributed by atoms with E-state index in [4.69, 9.17) is 5.73 Å². The van der Waals surface area contributed by atoms with Crippen molar-refractivity contribution < 1.29 is 14.5 Å². The number of carbonyl (C=O) groups excluding carboxylic acids is 2. The highest BCUT2D eigenvalue weighted by molar-refractivity contribution is 7.14. The fraction of sp³-hybridized carbons (Fsp3) is 0.333. The number of carbonyl (C=O) groups is 2. The Kier molecular flexibility index (Phi) is 5.41. The van der Waals surface area contributed by atoms with Gasteiger partial charge in [0.1, 0.15) is 0 Å². The molecule has 3 rings (SSSR count). The molecule has 1 aromatic carbocycles. The van der Waals surface area contributed by atoms with Gasteiger partial charge in [-0.3, -0.25) is 19.7 Å². The Morgan fingerprint density at radius 1 is 1.22 bits per heavy atom. The molecule has 1 aliphatic heterocycles. The Labute approximate surface area is 160 Å². The smallest absolute Gasteiger partial charge is 0.283 e. The van der Waals surface area contributed by atoms with Crippen LogP contribution in [0.1, 0.15) is 44.2 Å². The summed E-state index contributed by atoms with van der Waals surface area (Å²) in [6.45, 7) is 3.33. The monoisotopic (exact) mass is 388 g/mol. The summed E-state index contributed by atoms with van der Waals surface area (Å²) in [5, 5.41) is 13.8. The zero-order valence-corrected chi connectivity index (χ0v) is 15.7. The van der Waals surface area contributed by atoms with Crippen molar-refractivity contribution in [3.8, 4) is 0 Å². The lowest BCUT2D eigenvalue weighted by molar-refractivity contribution is -0.385. The van der Waals surface area contributed by atoms with Crippen molar-refractivity contribution in [3.05, 3.63) is 49.7 Å². The number of rotatable bonds is 5. The number of aryl methyl sites for hydroxylation is 1. The topological polar surface area (TPSA) is 119 Å². The number of primary amides is 1. The second-order valence-electron chi connectivity index (χ2n) is 6.41. The quantitative estimate of drug-likeness (QED) is 0.602. The largest absolute Gasteiger partial charge is 0.370 e. The lowest BCUT2D eigenvalue weighted by Gasteiger charge is -2.30. The zero-order chi connectivity index (χ0) is 19.6. The minimum absolute atomic E-state index is 0.0766. The van der Waals surface area contributed by atoms with Gasteiger partial charge in [0, 0.05) is 24.7 Å². The van der Waals surface area contributed by atoms with Crippen molar-refractivity contribution in [2.24, 2.45) is 5.73 Å². The highest BCUT2D eigenvalue weighted by atomic mass is 32.1. The fourth-order valence-electron chi connectivity index (χ4n) is 3.15. The van der Waals surface area contributed by atoms with Gasteiger partial charge in [-0.25, -0.2) is 0 Å².